The van der Waals surface area contributed by atoms with Crippen molar-refractivity contribution in [1.82, 2.24) is 9.80 Å². The lowest BCUT2D eigenvalue weighted by Gasteiger charge is -2.15. The Morgan fingerprint density at radius 1 is 1.47 bits per heavy atom. The number of hydrogen-bond donors (Lipinski definition) is 2. The van der Waals surface area contributed by atoms with Crippen molar-refractivity contribution >= 4 is 23.3 Å². The number of amides is 3. The van der Waals surface area contributed by atoms with Crippen LogP contribution in [0.15, 0.2) is 18.2 Å². The first-order valence-corrected chi connectivity index (χ1v) is 5.82. The lowest BCUT2D eigenvalue weighted by atomic mass is 10.2. The standard InChI is InChI=1S/C12H15FN4O2/c1-16-4-5-17(12(16)19)7-11(18)15-10-6-8(14)2-3-9(10)13/h2-3,6H,4-5,7,14H2,1H3,(H,15,18). The lowest BCUT2D eigenvalue weighted by Crippen LogP contribution is -2.36. The van der Waals surface area contributed by atoms with Crippen LogP contribution in [0.4, 0.5) is 20.6 Å². The maximum absolute atomic E-state index is 13.4. The first kappa shape index (κ1) is 13.1. The van der Waals surface area contributed by atoms with Crippen LogP contribution in [0.25, 0.3) is 0 Å². The van der Waals surface area contributed by atoms with Gasteiger partial charge in [-0.1, -0.05) is 0 Å². The van der Waals surface area contributed by atoms with Crippen molar-refractivity contribution in [2.75, 3.05) is 37.7 Å². The third kappa shape index (κ3) is 2.93. The highest BCUT2D eigenvalue weighted by molar-refractivity contribution is 5.95. The summed E-state index contributed by atoms with van der Waals surface area (Å²) >= 11 is 0. The second-order valence-electron chi connectivity index (χ2n) is 4.41. The van der Waals surface area contributed by atoms with Crippen LogP contribution in [0, 0.1) is 5.82 Å². The highest BCUT2D eigenvalue weighted by atomic mass is 19.1. The SMILES string of the molecule is CN1CCN(CC(=O)Nc2cc(N)ccc2F)C1=O. The summed E-state index contributed by atoms with van der Waals surface area (Å²) in [5.74, 6) is -1.01. The first-order valence-electron chi connectivity index (χ1n) is 5.82. The maximum Gasteiger partial charge on any atom is 0.320 e. The van der Waals surface area contributed by atoms with Crippen LogP contribution in [0.2, 0.25) is 0 Å². The van der Waals surface area contributed by atoms with Crippen LogP contribution < -0.4 is 11.1 Å². The minimum atomic E-state index is -0.563. The molecular weight excluding hydrogens is 251 g/mol. The van der Waals surface area contributed by atoms with Crippen LogP contribution in [-0.4, -0.2) is 48.4 Å². The zero-order valence-electron chi connectivity index (χ0n) is 10.5. The average molecular weight is 266 g/mol. The van der Waals surface area contributed by atoms with Gasteiger partial charge in [-0.3, -0.25) is 4.79 Å². The Morgan fingerprint density at radius 3 is 2.84 bits per heavy atom. The van der Waals surface area contributed by atoms with Gasteiger partial charge in [0.2, 0.25) is 5.91 Å². The Kier molecular flexibility index (Phi) is 3.55. The van der Waals surface area contributed by atoms with E-state index in [9.17, 15) is 14.0 Å². The fourth-order valence-corrected chi connectivity index (χ4v) is 1.85. The van der Waals surface area contributed by atoms with Crippen molar-refractivity contribution in [1.29, 1.82) is 0 Å². The summed E-state index contributed by atoms with van der Waals surface area (Å²) in [7, 11) is 1.66. The average Bonchev–Trinajstić information content (AvgIpc) is 2.66. The van der Waals surface area contributed by atoms with E-state index < -0.39 is 11.7 Å². The molecule has 1 aliphatic heterocycles. The van der Waals surface area contributed by atoms with Crippen molar-refractivity contribution in [3.05, 3.63) is 24.0 Å². The van der Waals surface area contributed by atoms with E-state index in [2.05, 4.69) is 5.32 Å². The van der Waals surface area contributed by atoms with Gasteiger partial charge < -0.3 is 20.9 Å². The molecule has 0 bridgehead atoms. The van der Waals surface area contributed by atoms with Gasteiger partial charge in [0.05, 0.1) is 5.69 Å². The zero-order chi connectivity index (χ0) is 14.0. The number of urea groups is 1. The number of rotatable bonds is 3. The van der Waals surface area contributed by atoms with Gasteiger partial charge in [-0.05, 0) is 18.2 Å². The summed E-state index contributed by atoms with van der Waals surface area (Å²) in [6, 6.07) is 3.72. The summed E-state index contributed by atoms with van der Waals surface area (Å²) in [4.78, 5) is 26.3. The molecule has 0 unspecified atom stereocenters. The molecule has 102 valence electrons. The van der Waals surface area contributed by atoms with E-state index in [-0.39, 0.29) is 18.3 Å². The highest BCUT2D eigenvalue weighted by Crippen LogP contribution is 2.17. The number of hydrogen-bond acceptors (Lipinski definition) is 3. The molecule has 0 saturated carbocycles. The van der Waals surface area contributed by atoms with E-state index in [0.717, 1.165) is 0 Å². The van der Waals surface area contributed by atoms with Crippen molar-refractivity contribution in [2.24, 2.45) is 0 Å². The van der Waals surface area contributed by atoms with E-state index in [1.54, 1.807) is 7.05 Å². The van der Waals surface area contributed by atoms with Crippen LogP contribution in [0.5, 0.6) is 0 Å². The van der Waals surface area contributed by atoms with E-state index in [0.29, 0.717) is 18.8 Å². The van der Waals surface area contributed by atoms with Gasteiger partial charge in [0.1, 0.15) is 12.4 Å². The molecule has 1 heterocycles. The van der Waals surface area contributed by atoms with Crippen molar-refractivity contribution in [2.45, 2.75) is 0 Å². The van der Waals surface area contributed by atoms with E-state index in [1.165, 1.54) is 28.0 Å². The second-order valence-corrected chi connectivity index (χ2v) is 4.41. The highest BCUT2D eigenvalue weighted by Gasteiger charge is 2.26. The van der Waals surface area contributed by atoms with Crippen LogP contribution in [0.1, 0.15) is 0 Å². The number of nitrogens with two attached hydrogens (primary N) is 1. The summed E-state index contributed by atoms with van der Waals surface area (Å²) in [5.41, 5.74) is 5.89. The fourth-order valence-electron chi connectivity index (χ4n) is 1.85. The molecule has 1 aliphatic rings. The van der Waals surface area contributed by atoms with Gasteiger partial charge in [0, 0.05) is 25.8 Å². The number of carbonyl (C=O) groups is 2. The van der Waals surface area contributed by atoms with Crippen LogP contribution >= 0.6 is 0 Å². The Labute approximate surface area is 110 Å². The molecule has 1 aromatic carbocycles. The number of anilines is 2. The molecule has 0 aromatic heterocycles. The van der Waals surface area contributed by atoms with Crippen LogP contribution in [-0.2, 0) is 4.79 Å². The van der Waals surface area contributed by atoms with E-state index >= 15 is 0 Å². The summed E-state index contributed by atoms with van der Waals surface area (Å²) in [6.07, 6.45) is 0. The van der Waals surface area contributed by atoms with Gasteiger partial charge in [-0.2, -0.15) is 0 Å². The Hall–Kier alpha value is -2.31. The third-order valence-electron chi connectivity index (χ3n) is 2.90. The maximum atomic E-state index is 13.4. The molecule has 0 aliphatic carbocycles. The summed E-state index contributed by atoms with van der Waals surface area (Å²) in [6.45, 7) is 0.971. The van der Waals surface area contributed by atoms with Crippen molar-refractivity contribution in [3.63, 3.8) is 0 Å². The monoisotopic (exact) mass is 266 g/mol. The van der Waals surface area contributed by atoms with Crippen LogP contribution in [0.3, 0.4) is 0 Å². The van der Waals surface area contributed by atoms with Gasteiger partial charge in [0.25, 0.3) is 0 Å². The topological polar surface area (TPSA) is 78.7 Å². The largest absolute Gasteiger partial charge is 0.399 e. The van der Waals surface area contributed by atoms with Gasteiger partial charge >= 0.3 is 6.03 Å². The lowest BCUT2D eigenvalue weighted by molar-refractivity contribution is -0.116. The minimum Gasteiger partial charge on any atom is -0.399 e. The Balaban J connectivity index is 1.98. The Morgan fingerprint density at radius 2 is 2.21 bits per heavy atom. The molecular formula is C12H15FN4O2. The van der Waals surface area contributed by atoms with E-state index in [4.69, 9.17) is 5.73 Å². The molecule has 3 N–H and O–H groups in total. The molecule has 1 saturated heterocycles. The van der Waals surface area contributed by atoms with Crippen molar-refractivity contribution in [3.8, 4) is 0 Å². The van der Waals surface area contributed by atoms with E-state index in [1.807, 2.05) is 0 Å². The number of nitrogen functional groups attached to an aromatic ring is 1. The molecule has 1 aromatic rings. The van der Waals surface area contributed by atoms with Gasteiger partial charge in [-0.25, -0.2) is 9.18 Å². The molecule has 0 atom stereocenters. The number of halogens is 1. The predicted octanol–water partition coefficient (Wildman–Crippen LogP) is 0.714. The molecule has 3 amide bonds. The number of nitrogens with zero attached hydrogens (tertiary/aromatic N) is 2. The molecule has 7 heteroatoms. The summed E-state index contributed by atoms with van der Waals surface area (Å²) in [5, 5.41) is 2.41. The number of likely N-dealkylation sites (N-methyl/N-ethyl adjacent to an activating group) is 1. The molecule has 0 spiro atoms. The van der Waals surface area contributed by atoms with Gasteiger partial charge in [-0.15, -0.1) is 0 Å². The molecule has 0 radical (unpaired) electrons. The normalized spacial score (nSPS) is 14.9. The van der Waals surface area contributed by atoms with Crippen molar-refractivity contribution < 1.29 is 14.0 Å². The summed E-state index contributed by atoms with van der Waals surface area (Å²) < 4.78 is 13.4. The number of carbonyl (C=O) groups excluding carboxylic acids is 2. The zero-order valence-corrected chi connectivity index (χ0v) is 10.5. The van der Waals surface area contributed by atoms with Gasteiger partial charge in [0.15, 0.2) is 0 Å². The second kappa shape index (κ2) is 5.13. The molecule has 19 heavy (non-hydrogen) atoms. The minimum absolute atomic E-state index is 0.0185. The quantitative estimate of drug-likeness (QED) is 0.791. The Bertz CT molecular complexity index is 520. The molecule has 1 fully saturated rings. The smallest absolute Gasteiger partial charge is 0.320 e. The first-order chi connectivity index (χ1) is 8.97. The molecule has 2 rings (SSSR count). The third-order valence-corrected chi connectivity index (χ3v) is 2.90. The predicted molar refractivity (Wildman–Crippen MR) is 69.0 cm³/mol. The number of benzene rings is 1. The number of nitrogens with one attached hydrogen (secondary N) is 1. The fraction of sp³-hybridized carbons (Fsp3) is 0.333. The molecule has 6 nitrogen and oxygen atoms in total.